The Morgan fingerprint density at radius 2 is 1.92 bits per heavy atom. The third-order valence-electron chi connectivity index (χ3n) is 13.2. The second kappa shape index (κ2) is 13.5. The molecule has 5 saturated heterocycles. The molecule has 5 bridgehead atoms. The van der Waals surface area contributed by atoms with Crippen molar-refractivity contribution >= 4 is 34.3 Å². The van der Waals surface area contributed by atoms with E-state index in [-0.39, 0.29) is 29.8 Å². The number of carbonyl (C=O) groups excluding carboxylic acids is 1. The summed E-state index contributed by atoms with van der Waals surface area (Å²) in [6.45, 7) is 4.09. The van der Waals surface area contributed by atoms with Gasteiger partial charge in [0.15, 0.2) is 11.5 Å². The molecule has 5 N–H and O–H groups in total. The van der Waals surface area contributed by atoms with Crippen molar-refractivity contribution in [3.63, 3.8) is 0 Å². The molecule has 7 aliphatic rings. The average molecular weight is 716 g/mol. The number of nitrogens with two attached hydrogens (primary N) is 1. The number of piperidine rings is 4. The third kappa shape index (κ3) is 5.21. The monoisotopic (exact) mass is 715 g/mol. The molecule has 1 amide bonds. The molecule has 2 aromatic carbocycles. The Morgan fingerprint density at radius 1 is 1.15 bits per heavy atom. The number of anilines is 3. The van der Waals surface area contributed by atoms with E-state index in [0.717, 1.165) is 38.5 Å². The van der Waals surface area contributed by atoms with Crippen LogP contribution in [-0.4, -0.2) is 116 Å². The number of methoxy groups -OCH3 is 2. The molecule has 10 rings (SSSR count). The van der Waals surface area contributed by atoms with Crippen molar-refractivity contribution in [1.29, 1.82) is 0 Å². The number of carbonyl (C=O) groups is 1. The Balaban J connectivity index is 0.000000150. The topological polar surface area (TPSA) is 159 Å². The van der Waals surface area contributed by atoms with Crippen LogP contribution in [0, 0.1) is 17.8 Å². The lowest BCUT2D eigenvalue weighted by atomic mass is 9.62. The van der Waals surface area contributed by atoms with Crippen molar-refractivity contribution in [1.82, 2.24) is 20.2 Å². The van der Waals surface area contributed by atoms with Crippen LogP contribution in [0.1, 0.15) is 51.0 Å². The van der Waals surface area contributed by atoms with Gasteiger partial charge in [-0.25, -0.2) is 4.98 Å². The summed E-state index contributed by atoms with van der Waals surface area (Å²) in [6, 6.07) is 13.3. The molecule has 6 aliphatic heterocycles. The van der Waals surface area contributed by atoms with E-state index in [4.69, 9.17) is 19.9 Å². The van der Waals surface area contributed by atoms with E-state index >= 15 is 0 Å². The normalized spacial score (nSPS) is 34.5. The van der Waals surface area contributed by atoms with E-state index < -0.39 is 0 Å². The predicted molar refractivity (Wildman–Crippen MR) is 199 cm³/mol. The summed E-state index contributed by atoms with van der Waals surface area (Å²) in [5.74, 6) is 3.15. The summed E-state index contributed by atoms with van der Waals surface area (Å²) in [5, 5.41) is 26.3. The number of benzene rings is 2. The van der Waals surface area contributed by atoms with Crippen LogP contribution in [0.3, 0.4) is 0 Å². The predicted octanol–water partition coefficient (Wildman–Crippen LogP) is 2.91. The number of nitrogen functional groups attached to an aromatic ring is 1. The molecule has 11 atom stereocenters. The number of hydrogen-bond donors (Lipinski definition) is 4. The van der Waals surface area contributed by atoms with Crippen LogP contribution in [0.25, 0.3) is 10.9 Å². The Kier molecular flexibility index (Phi) is 9.12. The first-order valence-corrected chi connectivity index (χ1v) is 18.9. The minimum absolute atomic E-state index is 0.0348. The van der Waals surface area contributed by atoms with Crippen molar-refractivity contribution in [2.45, 2.75) is 87.4 Å². The molecule has 1 aromatic heterocycles. The van der Waals surface area contributed by atoms with E-state index in [2.05, 4.69) is 63.3 Å². The van der Waals surface area contributed by atoms with Gasteiger partial charge in [-0.15, -0.1) is 0 Å². The van der Waals surface area contributed by atoms with Gasteiger partial charge in [0.25, 0.3) is 0 Å². The van der Waals surface area contributed by atoms with Gasteiger partial charge < -0.3 is 45.3 Å². The lowest BCUT2D eigenvalue weighted by Gasteiger charge is -2.62. The fraction of sp³-hybridized carbons (Fsp3) is 0.615. The maximum absolute atomic E-state index is 12.0. The maximum Gasteiger partial charge on any atom is 0.249 e. The number of aliphatic hydroxyl groups excluding tert-OH is 2. The fourth-order valence-electron chi connectivity index (χ4n) is 11.0. The summed E-state index contributed by atoms with van der Waals surface area (Å²) >= 11 is 0. The molecular weight excluding hydrogens is 662 g/mol. The van der Waals surface area contributed by atoms with Crippen molar-refractivity contribution in [3.05, 3.63) is 42.0 Å². The summed E-state index contributed by atoms with van der Waals surface area (Å²) < 4.78 is 16.0. The van der Waals surface area contributed by atoms with Crippen molar-refractivity contribution in [3.8, 4) is 11.5 Å². The van der Waals surface area contributed by atoms with E-state index in [1.54, 1.807) is 26.4 Å². The van der Waals surface area contributed by atoms with Crippen LogP contribution in [-0.2, 0) is 14.9 Å². The van der Waals surface area contributed by atoms with Crippen LogP contribution >= 0.6 is 0 Å². The Morgan fingerprint density at radius 3 is 2.65 bits per heavy atom. The van der Waals surface area contributed by atoms with Gasteiger partial charge in [0.1, 0.15) is 18.1 Å². The Bertz CT molecular complexity index is 1820. The molecule has 3 unspecified atom stereocenters. The maximum atomic E-state index is 12.0. The molecular formula is C39H53N7O6. The lowest BCUT2D eigenvalue weighted by molar-refractivity contribution is -0.211. The van der Waals surface area contributed by atoms with Gasteiger partial charge in [0, 0.05) is 80.3 Å². The molecule has 1 aliphatic carbocycles. The smallest absolute Gasteiger partial charge is 0.249 e. The first-order valence-electron chi connectivity index (χ1n) is 18.9. The second-order valence-electron chi connectivity index (χ2n) is 15.5. The number of ether oxygens (including phenoxy) is 3. The highest BCUT2D eigenvalue weighted by Crippen LogP contribution is 2.68. The van der Waals surface area contributed by atoms with Crippen LogP contribution in [0.15, 0.2) is 36.4 Å². The molecule has 280 valence electrons. The Labute approximate surface area is 305 Å². The average Bonchev–Trinajstić information content (AvgIpc) is 3.84. The zero-order valence-corrected chi connectivity index (χ0v) is 30.9. The summed E-state index contributed by atoms with van der Waals surface area (Å²) in [7, 11) is 7.23. The highest BCUT2D eigenvalue weighted by molar-refractivity contribution is 5.91. The van der Waals surface area contributed by atoms with Crippen LogP contribution in [0.5, 0.6) is 11.5 Å². The molecule has 6 fully saturated rings. The van der Waals surface area contributed by atoms with Crippen LogP contribution < -0.4 is 30.3 Å². The molecule has 7 heterocycles. The quantitative estimate of drug-likeness (QED) is 0.241. The van der Waals surface area contributed by atoms with Gasteiger partial charge in [-0.2, -0.15) is 4.98 Å². The van der Waals surface area contributed by atoms with E-state index in [1.807, 2.05) is 11.9 Å². The molecule has 0 radical (unpaired) electrons. The van der Waals surface area contributed by atoms with E-state index in [0.29, 0.717) is 89.7 Å². The number of likely N-dealkylation sites (N-methyl/N-ethyl adjacent to an activating group) is 1. The zero-order valence-electron chi connectivity index (χ0n) is 30.9. The van der Waals surface area contributed by atoms with Crippen molar-refractivity contribution in [2.75, 3.05) is 63.5 Å². The number of rotatable bonds is 9. The molecule has 52 heavy (non-hydrogen) atoms. The molecule has 13 nitrogen and oxygen atoms in total. The van der Waals surface area contributed by atoms with E-state index in [9.17, 15) is 15.0 Å². The van der Waals surface area contributed by atoms with Crippen LogP contribution in [0.4, 0.5) is 17.5 Å². The number of amides is 1. The summed E-state index contributed by atoms with van der Waals surface area (Å²) in [6.07, 6.45) is 4.75. The number of nitrogens with zero attached hydrogens (tertiary/aromatic N) is 5. The van der Waals surface area contributed by atoms with Crippen LogP contribution in [0.2, 0.25) is 0 Å². The first kappa shape index (κ1) is 35.1. The number of para-hydroxylation sites is 1. The SMILES string of the molecule is CC[C@H]1[C@@H]2C[C@H]3[C@@H]4N(C)c5ccccc5[C@]45C[C@@H](C2[C@H]5O)N3[C@@H]1O.COc1cc2nc(N(C)CCCNC(=O)C3CCCO3)nc(N)c2cc1OC. The van der Waals surface area contributed by atoms with Gasteiger partial charge in [0.05, 0.1) is 31.9 Å². The number of nitrogens with one attached hydrogen (secondary N) is 1. The number of aromatic nitrogens is 2. The molecule has 13 heteroatoms. The minimum Gasteiger partial charge on any atom is -0.493 e. The van der Waals surface area contributed by atoms with Gasteiger partial charge in [-0.3, -0.25) is 9.69 Å². The number of hydrogen-bond acceptors (Lipinski definition) is 12. The van der Waals surface area contributed by atoms with Gasteiger partial charge in [-0.1, -0.05) is 25.1 Å². The molecule has 1 spiro atoms. The van der Waals surface area contributed by atoms with Crippen molar-refractivity contribution in [2.24, 2.45) is 17.8 Å². The Hall–Kier alpha value is -3.91. The molecule has 3 aromatic rings. The summed E-state index contributed by atoms with van der Waals surface area (Å²) in [5.41, 5.74) is 9.32. The van der Waals surface area contributed by atoms with Crippen molar-refractivity contribution < 1.29 is 29.2 Å². The minimum atomic E-state index is -0.319. The largest absolute Gasteiger partial charge is 0.493 e. The second-order valence-corrected chi connectivity index (χ2v) is 15.5. The molecule has 1 saturated carbocycles. The highest BCUT2D eigenvalue weighted by atomic mass is 16.5. The lowest BCUT2D eigenvalue weighted by Crippen LogP contribution is -2.72. The zero-order chi connectivity index (χ0) is 36.5. The van der Waals surface area contributed by atoms with Gasteiger partial charge in [0.2, 0.25) is 11.9 Å². The summed E-state index contributed by atoms with van der Waals surface area (Å²) in [4.78, 5) is 27.7. The first-order chi connectivity index (χ1) is 25.1. The standard InChI is InChI=1S/C20H26N2O2.C19H27N5O4/c1-3-10-11-8-14-17-20(12-6-4-5-7-13(12)21(17)2)9-15(16(11)18(20)23)22(14)19(10)24;1-24(8-5-7-21-18(25)14-6-4-9-28-14)19-22-13-11-16(27-3)15(26-2)10-12(13)17(20)23-19/h4-7,10-11,14-19,23-24H,3,8-9H2,1-2H3;10-11,14H,4-9H2,1-3H3,(H,21,25)(H2,20,22,23)/t10-,11-,14-,15-,16?,17-,18+,19+,20+;/m0./s1. The van der Waals surface area contributed by atoms with Gasteiger partial charge >= 0.3 is 0 Å². The van der Waals surface area contributed by atoms with Gasteiger partial charge in [-0.05, 0) is 62.1 Å². The third-order valence-corrected chi connectivity index (χ3v) is 13.2. The number of aliphatic hydroxyl groups is 2. The highest BCUT2D eigenvalue weighted by Gasteiger charge is 2.76. The fourth-order valence-corrected chi connectivity index (χ4v) is 11.0. The number of fused-ring (bicyclic) bond motifs is 3. The van der Waals surface area contributed by atoms with E-state index in [1.165, 1.54) is 11.3 Å².